The molecule has 0 radical (unpaired) electrons. The van der Waals surface area contributed by atoms with Crippen molar-refractivity contribution in [2.24, 2.45) is 0 Å². The molecule has 2 aromatic rings. The fourth-order valence-corrected chi connectivity index (χ4v) is 2.98. The van der Waals surface area contributed by atoms with Crippen molar-refractivity contribution in [3.05, 3.63) is 57.0 Å². The minimum atomic E-state index is -0.296. The minimum Gasteiger partial charge on any atom is -0.324 e. The van der Waals surface area contributed by atoms with Crippen molar-refractivity contribution in [3.63, 3.8) is 0 Å². The third kappa shape index (κ3) is 3.99. The molecular formula is C17H18ClN3O2. The zero-order valence-electron chi connectivity index (χ0n) is 12.7. The number of aromatic nitrogens is 2. The minimum absolute atomic E-state index is 0.0986. The second-order valence-electron chi connectivity index (χ2n) is 5.73. The Morgan fingerprint density at radius 3 is 2.87 bits per heavy atom. The van der Waals surface area contributed by atoms with Gasteiger partial charge < -0.3 is 5.32 Å². The lowest BCUT2D eigenvalue weighted by Crippen LogP contribution is -2.30. The predicted octanol–water partition coefficient (Wildman–Crippen LogP) is 2.80. The maximum absolute atomic E-state index is 12.1. The molecule has 1 aliphatic rings. The first-order valence-corrected chi connectivity index (χ1v) is 8.15. The van der Waals surface area contributed by atoms with Gasteiger partial charge in [-0.15, -0.1) is 0 Å². The van der Waals surface area contributed by atoms with E-state index < -0.39 is 0 Å². The first-order valence-electron chi connectivity index (χ1n) is 7.77. The first-order chi connectivity index (χ1) is 11.1. The molecule has 0 saturated heterocycles. The van der Waals surface area contributed by atoms with E-state index in [0.717, 1.165) is 43.4 Å². The van der Waals surface area contributed by atoms with E-state index >= 15 is 0 Å². The van der Waals surface area contributed by atoms with Crippen molar-refractivity contribution in [2.75, 3.05) is 5.32 Å². The van der Waals surface area contributed by atoms with Crippen molar-refractivity contribution in [3.8, 4) is 0 Å². The molecule has 0 saturated carbocycles. The molecular weight excluding hydrogens is 314 g/mol. The predicted molar refractivity (Wildman–Crippen MR) is 89.8 cm³/mol. The zero-order chi connectivity index (χ0) is 16.2. The number of nitrogens with one attached hydrogen (secondary N) is 1. The van der Waals surface area contributed by atoms with Gasteiger partial charge in [0, 0.05) is 16.8 Å². The SMILES string of the molecule is O=C(Cn1nc2c(cc1=O)CCCCC2)Nc1cccc(Cl)c1. The Morgan fingerprint density at radius 1 is 1.22 bits per heavy atom. The average Bonchev–Trinajstić information content (AvgIpc) is 2.72. The number of carbonyl (C=O) groups excluding carboxylic acids is 1. The Morgan fingerprint density at radius 2 is 2.04 bits per heavy atom. The zero-order valence-corrected chi connectivity index (χ0v) is 13.5. The molecule has 0 bridgehead atoms. The topological polar surface area (TPSA) is 64.0 Å². The summed E-state index contributed by atoms with van der Waals surface area (Å²) in [6, 6.07) is 8.52. The largest absolute Gasteiger partial charge is 0.324 e. The highest BCUT2D eigenvalue weighted by Crippen LogP contribution is 2.17. The van der Waals surface area contributed by atoms with E-state index in [4.69, 9.17) is 11.6 Å². The van der Waals surface area contributed by atoms with E-state index in [0.29, 0.717) is 10.7 Å². The molecule has 120 valence electrons. The Labute approximate surface area is 139 Å². The Bertz CT molecular complexity index is 786. The number of carbonyl (C=O) groups is 1. The van der Waals surface area contributed by atoms with E-state index in [2.05, 4.69) is 10.4 Å². The molecule has 0 atom stereocenters. The van der Waals surface area contributed by atoms with Crippen LogP contribution in [0.5, 0.6) is 0 Å². The monoisotopic (exact) mass is 331 g/mol. The normalized spacial score (nSPS) is 14.0. The van der Waals surface area contributed by atoms with Crippen molar-refractivity contribution < 1.29 is 4.79 Å². The van der Waals surface area contributed by atoms with Crippen molar-refractivity contribution in [2.45, 2.75) is 38.6 Å². The molecule has 0 fully saturated rings. The highest BCUT2D eigenvalue weighted by atomic mass is 35.5. The number of hydrogen-bond acceptors (Lipinski definition) is 3. The van der Waals surface area contributed by atoms with Crippen LogP contribution in [0.1, 0.15) is 30.5 Å². The Kier molecular flexibility index (Phi) is 4.76. The van der Waals surface area contributed by atoms with Crippen LogP contribution in [-0.4, -0.2) is 15.7 Å². The standard InChI is InChI=1S/C17H18ClN3O2/c18-13-6-4-7-14(10-13)19-16(22)11-21-17(23)9-12-5-2-1-3-8-15(12)20-21/h4,6-7,9-10H,1-3,5,8,11H2,(H,19,22). The summed E-state index contributed by atoms with van der Waals surface area (Å²) in [6.07, 6.45) is 5.08. The number of nitrogens with zero attached hydrogens (tertiary/aromatic N) is 2. The maximum atomic E-state index is 12.1. The van der Waals surface area contributed by atoms with Crippen LogP contribution in [0.15, 0.2) is 35.1 Å². The fraction of sp³-hybridized carbons (Fsp3) is 0.353. The number of benzene rings is 1. The molecule has 23 heavy (non-hydrogen) atoms. The van der Waals surface area contributed by atoms with Crippen molar-refractivity contribution in [1.29, 1.82) is 0 Å². The molecule has 1 N–H and O–H groups in total. The summed E-state index contributed by atoms with van der Waals surface area (Å²) in [4.78, 5) is 24.3. The van der Waals surface area contributed by atoms with Crippen molar-refractivity contribution in [1.82, 2.24) is 9.78 Å². The van der Waals surface area contributed by atoms with Gasteiger partial charge >= 0.3 is 0 Å². The third-order valence-electron chi connectivity index (χ3n) is 3.93. The highest BCUT2D eigenvalue weighted by molar-refractivity contribution is 6.30. The highest BCUT2D eigenvalue weighted by Gasteiger charge is 2.14. The quantitative estimate of drug-likeness (QED) is 0.880. The lowest BCUT2D eigenvalue weighted by Gasteiger charge is -2.10. The molecule has 1 amide bonds. The molecule has 6 heteroatoms. The Balaban J connectivity index is 1.76. The number of anilines is 1. The number of aryl methyl sites for hydroxylation is 2. The van der Waals surface area contributed by atoms with Gasteiger partial charge in [0.2, 0.25) is 5.91 Å². The summed E-state index contributed by atoms with van der Waals surface area (Å²) < 4.78 is 1.24. The van der Waals surface area contributed by atoms with Gasteiger partial charge in [0.25, 0.3) is 5.56 Å². The molecule has 0 spiro atoms. The maximum Gasteiger partial charge on any atom is 0.267 e. The van der Waals surface area contributed by atoms with Gasteiger partial charge in [-0.3, -0.25) is 9.59 Å². The summed E-state index contributed by atoms with van der Waals surface area (Å²) in [5.41, 5.74) is 2.34. The van der Waals surface area contributed by atoms with Gasteiger partial charge in [0.05, 0.1) is 5.69 Å². The molecule has 1 heterocycles. The first kappa shape index (κ1) is 15.7. The smallest absolute Gasteiger partial charge is 0.267 e. The van der Waals surface area contributed by atoms with Crippen LogP contribution >= 0.6 is 11.6 Å². The van der Waals surface area contributed by atoms with Crippen LogP contribution in [0.4, 0.5) is 5.69 Å². The number of rotatable bonds is 3. The Hall–Kier alpha value is -2.14. The molecule has 0 aliphatic heterocycles. The van der Waals surface area contributed by atoms with Gasteiger partial charge in [0.1, 0.15) is 6.54 Å². The molecule has 1 aromatic carbocycles. The van der Waals surface area contributed by atoms with E-state index in [1.807, 2.05) is 0 Å². The molecule has 0 unspecified atom stereocenters. The number of fused-ring (bicyclic) bond motifs is 1. The van der Waals surface area contributed by atoms with Gasteiger partial charge in [-0.05, 0) is 49.4 Å². The van der Waals surface area contributed by atoms with Crippen LogP contribution in [0, 0.1) is 0 Å². The molecule has 1 aromatic heterocycles. The lowest BCUT2D eigenvalue weighted by molar-refractivity contribution is -0.117. The van der Waals surface area contributed by atoms with Crippen LogP contribution in [0.25, 0.3) is 0 Å². The summed E-state index contributed by atoms with van der Waals surface area (Å²) in [5.74, 6) is -0.296. The summed E-state index contributed by atoms with van der Waals surface area (Å²) in [6.45, 7) is -0.0986. The molecule has 1 aliphatic carbocycles. The molecule has 5 nitrogen and oxygen atoms in total. The van der Waals surface area contributed by atoms with E-state index in [-0.39, 0.29) is 18.0 Å². The van der Waals surface area contributed by atoms with Crippen molar-refractivity contribution >= 4 is 23.2 Å². The van der Waals surface area contributed by atoms with Crippen LogP contribution in [-0.2, 0) is 24.2 Å². The molecule has 3 rings (SSSR count). The van der Waals surface area contributed by atoms with Gasteiger partial charge in [-0.25, -0.2) is 4.68 Å². The van der Waals surface area contributed by atoms with E-state index in [9.17, 15) is 9.59 Å². The van der Waals surface area contributed by atoms with Gasteiger partial charge in [-0.2, -0.15) is 5.10 Å². The number of amides is 1. The van der Waals surface area contributed by atoms with E-state index in [1.165, 1.54) is 4.68 Å². The second-order valence-corrected chi connectivity index (χ2v) is 6.17. The van der Waals surface area contributed by atoms with Crippen LogP contribution in [0.2, 0.25) is 5.02 Å². The number of halogens is 1. The van der Waals surface area contributed by atoms with Crippen LogP contribution < -0.4 is 10.9 Å². The second kappa shape index (κ2) is 6.96. The van der Waals surface area contributed by atoms with Gasteiger partial charge in [-0.1, -0.05) is 24.1 Å². The third-order valence-corrected chi connectivity index (χ3v) is 4.16. The summed E-state index contributed by atoms with van der Waals surface area (Å²) in [7, 11) is 0. The van der Waals surface area contributed by atoms with E-state index in [1.54, 1.807) is 30.3 Å². The summed E-state index contributed by atoms with van der Waals surface area (Å²) in [5, 5.41) is 7.66. The fourth-order valence-electron chi connectivity index (χ4n) is 2.79. The average molecular weight is 332 g/mol. The van der Waals surface area contributed by atoms with Gasteiger partial charge in [0.15, 0.2) is 0 Å². The number of hydrogen-bond donors (Lipinski definition) is 1. The lowest BCUT2D eigenvalue weighted by atomic mass is 10.1. The summed E-state index contributed by atoms with van der Waals surface area (Å²) >= 11 is 5.89. The van der Waals surface area contributed by atoms with Crippen LogP contribution in [0.3, 0.4) is 0 Å².